The number of benzene rings is 3. The second-order valence-corrected chi connectivity index (χ2v) is 9.35. The molecule has 0 saturated heterocycles. The van der Waals surface area contributed by atoms with Gasteiger partial charge in [0.2, 0.25) is 5.60 Å². The van der Waals surface area contributed by atoms with Gasteiger partial charge in [0.05, 0.1) is 22.3 Å². The fourth-order valence-electron chi connectivity index (χ4n) is 2.93. The highest BCUT2D eigenvalue weighted by molar-refractivity contribution is 7.91. The first-order chi connectivity index (χ1) is 16.1. The number of ether oxygens (including phenoxy) is 1. The van der Waals surface area contributed by atoms with E-state index in [4.69, 9.17) is 10.00 Å². The molecule has 0 aliphatic rings. The van der Waals surface area contributed by atoms with Gasteiger partial charge in [-0.3, -0.25) is 4.79 Å². The van der Waals surface area contributed by atoms with Gasteiger partial charge in [-0.1, -0.05) is 18.2 Å². The molecule has 0 radical (unpaired) electrons. The van der Waals surface area contributed by atoms with E-state index in [2.05, 4.69) is 5.32 Å². The molecule has 174 valence electrons. The number of hydrogen-bond donors (Lipinski definition) is 3. The van der Waals surface area contributed by atoms with Crippen molar-refractivity contribution in [3.63, 3.8) is 0 Å². The molecule has 3 aromatic rings. The number of sulfone groups is 1. The van der Waals surface area contributed by atoms with Crippen molar-refractivity contribution in [2.24, 2.45) is 0 Å². The minimum atomic E-state index is -4.23. The third-order valence-electron chi connectivity index (χ3n) is 4.80. The molecule has 0 bridgehead atoms. The second-order valence-electron chi connectivity index (χ2n) is 7.37. The van der Waals surface area contributed by atoms with Crippen molar-refractivity contribution in [3.8, 4) is 11.8 Å². The van der Waals surface area contributed by atoms with Crippen LogP contribution in [0.2, 0.25) is 0 Å². The van der Waals surface area contributed by atoms with E-state index in [0.717, 1.165) is 0 Å². The maximum absolute atomic E-state index is 12.8. The van der Waals surface area contributed by atoms with Crippen molar-refractivity contribution in [3.05, 3.63) is 90.0 Å². The minimum Gasteiger partial charge on any atom is -0.490 e. The molecule has 3 aromatic carbocycles. The van der Waals surface area contributed by atoms with E-state index in [1.807, 2.05) is 6.07 Å². The Balaban J connectivity index is 1.70. The minimum absolute atomic E-state index is 0.233. The van der Waals surface area contributed by atoms with Gasteiger partial charge in [0.25, 0.3) is 5.91 Å². The molecule has 3 rings (SSSR count). The van der Waals surface area contributed by atoms with E-state index < -0.39 is 39.7 Å². The Morgan fingerprint density at radius 1 is 0.971 bits per heavy atom. The topological polar surface area (TPSA) is 154 Å². The molecule has 0 spiro atoms. The van der Waals surface area contributed by atoms with E-state index >= 15 is 0 Å². The number of anilines is 1. The van der Waals surface area contributed by atoms with Crippen molar-refractivity contribution in [2.45, 2.75) is 10.5 Å². The lowest BCUT2D eigenvalue weighted by molar-refractivity contribution is -0.158. The number of rotatable bonds is 9. The zero-order valence-corrected chi connectivity index (χ0v) is 18.5. The number of para-hydroxylation sites is 1. The normalized spacial score (nSPS) is 12.7. The molecule has 0 fully saturated rings. The third kappa shape index (κ3) is 5.98. The number of nitrogens with zero attached hydrogens (tertiary/aromatic N) is 1. The molecule has 9 nitrogen and oxygen atoms in total. The predicted molar refractivity (Wildman–Crippen MR) is 122 cm³/mol. The van der Waals surface area contributed by atoms with Gasteiger partial charge >= 0.3 is 5.97 Å². The highest BCUT2D eigenvalue weighted by atomic mass is 32.2. The van der Waals surface area contributed by atoms with Crippen LogP contribution in [0.4, 0.5) is 5.69 Å². The van der Waals surface area contributed by atoms with Crippen molar-refractivity contribution in [2.75, 3.05) is 17.7 Å². The largest absolute Gasteiger partial charge is 0.490 e. The van der Waals surface area contributed by atoms with Crippen molar-refractivity contribution >= 4 is 27.4 Å². The summed E-state index contributed by atoms with van der Waals surface area (Å²) in [6.07, 6.45) is 0. The Morgan fingerprint density at radius 2 is 1.59 bits per heavy atom. The van der Waals surface area contributed by atoms with E-state index in [0.29, 0.717) is 16.8 Å². The predicted octanol–water partition coefficient (Wildman–Crippen LogP) is 2.48. The summed E-state index contributed by atoms with van der Waals surface area (Å²) in [5.74, 6) is -3.03. The summed E-state index contributed by atoms with van der Waals surface area (Å²) < 4.78 is 30.8. The van der Waals surface area contributed by atoms with Crippen molar-refractivity contribution in [1.29, 1.82) is 5.26 Å². The zero-order chi connectivity index (χ0) is 24.8. The molecule has 0 heterocycles. The first kappa shape index (κ1) is 24.4. The summed E-state index contributed by atoms with van der Waals surface area (Å²) in [4.78, 5) is 23.7. The number of aliphatic hydroxyl groups is 1. The molecule has 3 N–H and O–H groups in total. The first-order valence-corrected chi connectivity index (χ1v) is 11.6. The van der Waals surface area contributed by atoms with Crippen LogP contribution >= 0.6 is 0 Å². The average molecular weight is 480 g/mol. The Labute approximate surface area is 195 Å². The number of aliphatic carboxylic acids is 1. The Morgan fingerprint density at radius 3 is 2.15 bits per heavy atom. The maximum Gasteiger partial charge on any atom is 0.340 e. The van der Waals surface area contributed by atoms with Gasteiger partial charge in [0.15, 0.2) is 9.84 Å². The first-order valence-electron chi connectivity index (χ1n) is 9.91. The van der Waals surface area contributed by atoms with Crippen molar-refractivity contribution in [1.82, 2.24) is 0 Å². The molecule has 0 saturated carbocycles. The zero-order valence-electron chi connectivity index (χ0n) is 17.7. The van der Waals surface area contributed by atoms with Gasteiger partial charge in [-0.05, 0) is 60.7 Å². The van der Waals surface area contributed by atoms with E-state index in [1.165, 1.54) is 48.5 Å². The number of amides is 1. The molecular weight excluding hydrogens is 460 g/mol. The molecule has 1 unspecified atom stereocenters. The lowest BCUT2D eigenvalue weighted by Gasteiger charge is -2.23. The van der Waals surface area contributed by atoms with Crippen LogP contribution in [0.15, 0.2) is 83.8 Å². The Bertz CT molecular complexity index is 1320. The van der Waals surface area contributed by atoms with E-state index in [9.17, 15) is 28.2 Å². The van der Waals surface area contributed by atoms with Crippen LogP contribution in [-0.2, 0) is 14.6 Å². The number of hydrogen-bond acceptors (Lipinski definition) is 7. The van der Waals surface area contributed by atoms with Crippen LogP contribution in [0.5, 0.6) is 5.75 Å². The lowest BCUT2D eigenvalue weighted by Crippen LogP contribution is -2.50. The fraction of sp³-hybridized carbons (Fsp3) is 0.125. The Kier molecular flexibility index (Phi) is 7.31. The summed E-state index contributed by atoms with van der Waals surface area (Å²) in [6.45, 7) is -0.774. The number of nitriles is 1. The van der Waals surface area contributed by atoms with Gasteiger partial charge in [-0.2, -0.15) is 5.26 Å². The quantitative estimate of drug-likeness (QED) is 0.422. The maximum atomic E-state index is 12.8. The number of nitrogens with one attached hydrogen (secondary N) is 1. The van der Waals surface area contributed by atoms with Gasteiger partial charge in [-0.15, -0.1) is 0 Å². The summed E-state index contributed by atoms with van der Waals surface area (Å²) in [5, 5.41) is 31.4. The van der Waals surface area contributed by atoms with Crippen LogP contribution < -0.4 is 10.1 Å². The number of carbonyl (C=O) groups is 2. The van der Waals surface area contributed by atoms with Gasteiger partial charge in [0.1, 0.15) is 12.4 Å². The highest BCUT2D eigenvalue weighted by Gasteiger charge is 2.42. The van der Waals surface area contributed by atoms with Crippen LogP contribution in [-0.4, -0.2) is 48.5 Å². The summed E-state index contributed by atoms with van der Waals surface area (Å²) in [6, 6.07) is 21.1. The molecule has 34 heavy (non-hydrogen) atoms. The second kappa shape index (κ2) is 10.2. The van der Waals surface area contributed by atoms with E-state index in [1.54, 1.807) is 30.3 Å². The number of carboxylic acid groups (broad SMARTS) is 1. The van der Waals surface area contributed by atoms with Crippen molar-refractivity contribution < 1.29 is 33.0 Å². The third-order valence-corrected chi connectivity index (χ3v) is 6.64. The van der Waals surface area contributed by atoms with Gasteiger partial charge in [-0.25, -0.2) is 13.2 Å². The van der Waals surface area contributed by atoms with Crippen LogP contribution in [0.3, 0.4) is 0 Å². The SMILES string of the molecule is N#Cc1ccc(C(=O)Nc2ccc(S(=O)(=O)CC(O)(COc3ccccc3)C(=O)O)cc2)cc1. The van der Waals surface area contributed by atoms with E-state index in [-0.39, 0.29) is 10.6 Å². The van der Waals surface area contributed by atoms with Gasteiger partial charge < -0.3 is 20.3 Å². The van der Waals surface area contributed by atoms with Gasteiger partial charge in [0, 0.05) is 11.3 Å². The Hall–Kier alpha value is -4.20. The molecule has 0 aliphatic carbocycles. The average Bonchev–Trinajstić information content (AvgIpc) is 2.83. The molecule has 10 heteroatoms. The molecule has 1 atom stereocenters. The number of carbonyl (C=O) groups excluding carboxylic acids is 1. The molecule has 0 aliphatic heterocycles. The van der Waals surface area contributed by atoms with Crippen LogP contribution in [0, 0.1) is 11.3 Å². The highest BCUT2D eigenvalue weighted by Crippen LogP contribution is 2.21. The summed E-state index contributed by atoms with van der Waals surface area (Å²) >= 11 is 0. The molecular formula is C24H20N2O7S. The summed E-state index contributed by atoms with van der Waals surface area (Å²) in [5.41, 5.74) is -1.67. The molecule has 0 aromatic heterocycles. The fourth-order valence-corrected chi connectivity index (χ4v) is 4.48. The van der Waals surface area contributed by atoms with Crippen LogP contribution in [0.1, 0.15) is 15.9 Å². The smallest absolute Gasteiger partial charge is 0.340 e. The summed E-state index contributed by atoms with van der Waals surface area (Å²) in [7, 11) is -4.23. The van der Waals surface area contributed by atoms with Crippen LogP contribution in [0.25, 0.3) is 0 Å². The number of carboxylic acids is 1. The molecule has 1 amide bonds. The lowest BCUT2D eigenvalue weighted by atomic mass is 10.1. The standard InChI is InChI=1S/C24H20N2O7S/c25-14-17-6-8-18(9-7-17)22(27)26-19-10-12-21(13-11-19)34(31,32)16-24(30,23(28)29)15-33-20-4-2-1-3-5-20/h1-13,30H,15-16H2,(H,26,27)(H,28,29). The monoisotopic (exact) mass is 480 g/mol.